The summed E-state index contributed by atoms with van der Waals surface area (Å²) in [5.41, 5.74) is -3.04. The minimum Gasteiger partial charge on any atom is -0.465 e. The number of carbonyl (C=O) groups excluding carboxylic acids is 3. The van der Waals surface area contributed by atoms with Gasteiger partial charge >= 0.3 is 17.9 Å². The lowest BCUT2D eigenvalue weighted by atomic mass is 9.69. The number of nitrogens with zero attached hydrogens (tertiary/aromatic N) is 1. The Labute approximate surface area is 159 Å². The molecule has 0 spiro atoms. The molecule has 7 heteroatoms. The summed E-state index contributed by atoms with van der Waals surface area (Å²) in [6, 6.07) is 6.60. The highest BCUT2D eigenvalue weighted by atomic mass is 16.6. The molecule has 1 aliphatic rings. The second-order valence-corrected chi connectivity index (χ2v) is 7.10. The van der Waals surface area contributed by atoms with Crippen molar-refractivity contribution in [2.45, 2.75) is 53.1 Å². The van der Waals surface area contributed by atoms with E-state index in [-0.39, 0.29) is 19.3 Å². The van der Waals surface area contributed by atoms with Gasteiger partial charge in [0.2, 0.25) is 0 Å². The summed E-state index contributed by atoms with van der Waals surface area (Å²) in [5.74, 6) is -2.04. The number of fused-ring (bicyclic) bond motifs is 1. The predicted octanol–water partition coefficient (Wildman–Crippen LogP) is 2.71. The number of para-hydroxylation sites is 2. The smallest absolute Gasteiger partial charge is 0.350 e. The van der Waals surface area contributed by atoms with E-state index < -0.39 is 28.9 Å². The van der Waals surface area contributed by atoms with E-state index in [0.717, 1.165) is 0 Å². The standard InChI is InChI=1S/C20H27NO6/c1-7-25-16(22)19(5,6)20(17(23)26-8-2)18(24)27-15-12-10-9-11-14(15)21(20)13(3)4/h9-13H,7-8H2,1-6H3. The molecule has 1 aliphatic heterocycles. The van der Waals surface area contributed by atoms with Crippen molar-refractivity contribution in [1.29, 1.82) is 0 Å². The van der Waals surface area contributed by atoms with Crippen LogP contribution in [0.25, 0.3) is 0 Å². The summed E-state index contributed by atoms with van der Waals surface area (Å²) in [6.07, 6.45) is 0. The number of esters is 3. The molecular weight excluding hydrogens is 350 g/mol. The van der Waals surface area contributed by atoms with Crippen LogP contribution in [0.2, 0.25) is 0 Å². The molecule has 27 heavy (non-hydrogen) atoms. The highest BCUT2D eigenvalue weighted by molar-refractivity contribution is 6.15. The molecule has 1 aromatic carbocycles. The first-order valence-corrected chi connectivity index (χ1v) is 9.11. The van der Waals surface area contributed by atoms with Crippen LogP contribution < -0.4 is 9.64 Å². The number of rotatable bonds is 6. The average Bonchev–Trinajstić information content (AvgIpc) is 2.60. The Balaban J connectivity index is 2.83. The molecule has 2 rings (SSSR count). The molecule has 7 nitrogen and oxygen atoms in total. The van der Waals surface area contributed by atoms with Crippen LogP contribution in [0.4, 0.5) is 5.69 Å². The van der Waals surface area contributed by atoms with Crippen LogP contribution in [0.5, 0.6) is 5.75 Å². The van der Waals surface area contributed by atoms with Gasteiger partial charge in [0.15, 0.2) is 5.75 Å². The van der Waals surface area contributed by atoms with E-state index in [4.69, 9.17) is 14.2 Å². The lowest BCUT2D eigenvalue weighted by Crippen LogP contribution is -2.74. The van der Waals surface area contributed by atoms with Crippen LogP contribution in [-0.4, -0.2) is 42.7 Å². The lowest BCUT2D eigenvalue weighted by molar-refractivity contribution is -0.178. The summed E-state index contributed by atoms with van der Waals surface area (Å²) in [7, 11) is 0. The summed E-state index contributed by atoms with van der Waals surface area (Å²) >= 11 is 0. The zero-order valence-corrected chi connectivity index (χ0v) is 16.7. The van der Waals surface area contributed by atoms with E-state index in [1.807, 2.05) is 13.8 Å². The number of benzene rings is 1. The summed E-state index contributed by atoms with van der Waals surface area (Å²) in [4.78, 5) is 41.0. The molecule has 0 saturated carbocycles. The maximum atomic E-state index is 13.3. The Morgan fingerprint density at radius 1 is 1.15 bits per heavy atom. The van der Waals surface area contributed by atoms with Crippen molar-refractivity contribution in [1.82, 2.24) is 0 Å². The van der Waals surface area contributed by atoms with Crippen LogP contribution in [0.3, 0.4) is 0 Å². The topological polar surface area (TPSA) is 82.1 Å². The van der Waals surface area contributed by atoms with Gasteiger partial charge in [-0.25, -0.2) is 9.59 Å². The van der Waals surface area contributed by atoms with Gasteiger partial charge in [-0.1, -0.05) is 12.1 Å². The van der Waals surface area contributed by atoms with E-state index in [2.05, 4.69) is 0 Å². The Bertz CT molecular complexity index is 742. The van der Waals surface area contributed by atoms with Crippen LogP contribution in [0.1, 0.15) is 41.5 Å². The first-order valence-electron chi connectivity index (χ1n) is 9.11. The number of hydrogen-bond acceptors (Lipinski definition) is 7. The molecular formula is C20H27NO6. The molecule has 0 bridgehead atoms. The first kappa shape index (κ1) is 20.7. The predicted molar refractivity (Wildman–Crippen MR) is 99.5 cm³/mol. The zero-order valence-electron chi connectivity index (χ0n) is 16.7. The van der Waals surface area contributed by atoms with Crippen molar-refractivity contribution in [3.63, 3.8) is 0 Å². The van der Waals surface area contributed by atoms with Crippen LogP contribution in [-0.2, 0) is 23.9 Å². The van der Waals surface area contributed by atoms with Gasteiger partial charge in [0.1, 0.15) is 5.41 Å². The molecule has 1 heterocycles. The largest absolute Gasteiger partial charge is 0.465 e. The maximum absolute atomic E-state index is 13.3. The van der Waals surface area contributed by atoms with E-state index in [1.165, 1.54) is 13.8 Å². The molecule has 1 atom stereocenters. The Morgan fingerprint density at radius 3 is 2.30 bits per heavy atom. The summed E-state index contributed by atoms with van der Waals surface area (Å²) in [6.45, 7) is 10.2. The molecule has 1 aromatic rings. The van der Waals surface area contributed by atoms with Crippen LogP contribution in [0.15, 0.2) is 24.3 Å². The molecule has 0 N–H and O–H groups in total. The van der Waals surface area contributed by atoms with Gasteiger partial charge in [0, 0.05) is 6.04 Å². The molecule has 148 valence electrons. The average molecular weight is 377 g/mol. The maximum Gasteiger partial charge on any atom is 0.350 e. The molecule has 0 aromatic heterocycles. The number of carbonyl (C=O) groups is 3. The van der Waals surface area contributed by atoms with Crippen molar-refractivity contribution >= 4 is 23.6 Å². The van der Waals surface area contributed by atoms with Crippen molar-refractivity contribution in [2.24, 2.45) is 5.41 Å². The van der Waals surface area contributed by atoms with Gasteiger partial charge in [0.05, 0.1) is 18.9 Å². The van der Waals surface area contributed by atoms with Crippen molar-refractivity contribution in [3.05, 3.63) is 24.3 Å². The molecule has 0 saturated heterocycles. The molecule has 0 fully saturated rings. The van der Waals surface area contributed by atoms with Crippen LogP contribution >= 0.6 is 0 Å². The minimum atomic E-state index is -2.02. The van der Waals surface area contributed by atoms with Crippen molar-refractivity contribution in [2.75, 3.05) is 18.1 Å². The highest BCUT2D eigenvalue weighted by Crippen LogP contribution is 2.49. The first-order chi connectivity index (χ1) is 12.7. The van der Waals surface area contributed by atoms with E-state index in [1.54, 1.807) is 43.0 Å². The Hall–Kier alpha value is -2.57. The van der Waals surface area contributed by atoms with Crippen LogP contribution in [0, 0.1) is 5.41 Å². The van der Waals surface area contributed by atoms with E-state index >= 15 is 0 Å². The minimum absolute atomic E-state index is 0.0559. The number of ether oxygens (including phenoxy) is 3. The molecule has 0 aliphatic carbocycles. The van der Waals surface area contributed by atoms with E-state index in [9.17, 15) is 14.4 Å². The third kappa shape index (κ3) is 3.05. The highest BCUT2D eigenvalue weighted by Gasteiger charge is 2.69. The third-order valence-corrected chi connectivity index (χ3v) is 4.76. The van der Waals surface area contributed by atoms with Gasteiger partial charge in [0.25, 0.3) is 5.54 Å². The molecule has 0 radical (unpaired) electrons. The third-order valence-electron chi connectivity index (χ3n) is 4.76. The Morgan fingerprint density at radius 2 is 1.74 bits per heavy atom. The van der Waals surface area contributed by atoms with E-state index in [0.29, 0.717) is 11.4 Å². The SMILES string of the molecule is CCOC(=O)C(C)(C)C1(C(=O)OCC)C(=O)Oc2ccccc2N1C(C)C. The van der Waals surface area contributed by atoms with Gasteiger partial charge < -0.3 is 19.1 Å². The molecule has 0 amide bonds. The molecule has 1 unspecified atom stereocenters. The second-order valence-electron chi connectivity index (χ2n) is 7.10. The summed E-state index contributed by atoms with van der Waals surface area (Å²) in [5, 5.41) is 0. The van der Waals surface area contributed by atoms with Crippen molar-refractivity contribution < 1.29 is 28.6 Å². The Kier molecular flexibility index (Phi) is 5.82. The quantitative estimate of drug-likeness (QED) is 0.428. The number of anilines is 1. The lowest BCUT2D eigenvalue weighted by Gasteiger charge is -2.52. The van der Waals surface area contributed by atoms with Gasteiger partial charge in [-0.2, -0.15) is 0 Å². The normalized spacial score (nSPS) is 19.4. The van der Waals surface area contributed by atoms with Gasteiger partial charge in [-0.15, -0.1) is 0 Å². The summed E-state index contributed by atoms with van der Waals surface area (Å²) < 4.78 is 16.0. The van der Waals surface area contributed by atoms with Gasteiger partial charge in [-0.05, 0) is 53.7 Å². The monoisotopic (exact) mass is 377 g/mol. The van der Waals surface area contributed by atoms with Gasteiger partial charge in [-0.3, -0.25) is 4.79 Å². The number of hydrogen-bond donors (Lipinski definition) is 0. The van der Waals surface area contributed by atoms with Crippen molar-refractivity contribution in [3.8, 4) is 5.75 Å². The second kappa shape index (κ2) is 7.58. The fraction of sp³-hybridized carbons (Fsp3) is 0.550. The fourth-order valence-corrected chi connectivity index (χ4v) is 3.55. The zero-order chi connectivity index (χ0) is 20.4. The fourth-order valence-electron chi connectivity index (χ4n) is 3.55.